The second kappa shape index (κ2) is 2.32. The van der Waals surface area contributed by atoms with Crippen LogP contribution in [0, 0.1) is 5.41 Å². The smallest absolute Gasteiger partial charge is 0.347 e. The molecule has 78 valence electrons. The van der Waals surface area contributed by atoms with Gasteiger partial charge in [0.25, 0.3) is 0 Å². The van der Waals surface area contributed by atoms with Gasteiger partial charge in [0, 0.05) is 5.54 Å². The molecule has 3 aliphatic rings. The van der Waals surface area contributed by atoms with Crippen LogP contribution in [0.3, 0.4) is 0 Å². The van der Waals surface area contributed by atoms with Gasteiger partial charge in [-0.05, 0) is 25.3 Å². The second-order valence-electron chi connectivity index (χ2n) is 4.28. The first kappa shape index (κ1) is 9.55. The molecule has 0 aliphatic heterocycles. The van der Waals surface area contributed by atoms with Crippen LogP contribution in [0.25, 0.3) is 0 Å². The molecule has 0 aromatic carbocycles. The van der Waals surface area contributed by atoms with Crippen molar-refractivity contribution in [1.29, 1.82) is 0 Å². The fraction of sp³-hybridized carbons (Fsp3) is 0.667. The third kappa shape index (κ3) is 1.01. The van der Waals surface area contributed by atoms with Gasteiger partial charge in [-0.2, -0.15) is 13.2 Å². The molecule has 0 saturated heterocycles. The molecule has 0 aromatic heterocycles. The van der Waals surface area contributed by atoms with E-state index in [2.05, 4.69) is 11.9 Å². The van der Waals surface area contributed by atoms with E-state index in [1.807, 2.05) is 0 Å². The minimum absolute atomic E-state index is 0.0308. The van der Waals surface area contributed by atoms with Crippen LogP contribution in [0.1, 0.15) is 19.3 Å². The Hall–Kier alpha value is -1.00. The summed E-state index contributed by atoms with van der Waals surface area (Å²) in [6.07, 6.45) is -2.94. The predicted octanol–water partition coefficient (Wildman–Crippen LogP) is 1.77. The number of alkyl halides is 3. The number of halogens is 3. The number of hydrogen-bond donors (Lipinski definition) is 1. The van der Waals surface area contributed by atoms with Crippen LogP contribution in [-0.2, 0) is 4.79 Å². The zero-order valence-corrected chi connectivity index (χ0v) is 7.45. The Balaban J connectivity index is 1.95. The van der Waals surface area contributed by atoms with Crippen LogP contribution < -0.4 is 5.32 Å². The SMILES string of the molecule is C=CC(=O)NC12CC(C(F)(F)F)(C1)C2. The maximum absolute atomic E-state index is 12.4. The van der Waals surface area contributed by atoms with Gasteiger partial charge < -0.3 is 5.32 Å². The van der Waals surface area contributed by atoms with E-state index < -0.39 is 17.1 Å². The standard InChI is InChI=1S/C9H10F3NO/c1-2-6(14)13-8-3-7(4-8,5-8)9(10,11)12/h2H,1,3-5H2,(H,13,14). The molecule has 3 saturated carbocycles. The fourth-order valence-corrected chi connectivity index (χ4v) is 2.53. The Labute approximate surface area is 79.2 Å². The van der Waals surface area contributed by atoms with Gasteiger partial charge in [0.05, 0.1) is 5.41 Å². The van der Waals surface area contributed by atoms with Crippen LogP contribution in [-0.4, -0.2) is 17.6 Å². The largest absolute Gasteiger partial charge is 0.394 e. The molecule has 0 unspecified atom stereocenters. The zero-order valence-electron chi connectivity index (χ0n) is 7.45. The minimum Gasteiger partial charge on any atom is -0.347 e. The molecule has 2 nitrogen and oxygen atoms in total. The number of amides is 1. The minimum atomic E-state index is -4.12. The summed E-state index contributed by atoms with van der Waals surface area (Å²) in [5.74, 6) is -0.388. The van der Waals surface area contributed by atoms with Crippen molar-refractivity contribution >= 4 is 5.91 Å². The van der Waals surface area contributed by atoms with E-state index in [1.54, 1.807) is 0 Å². The van der Waals surface area contributed by atoms with Gasteiger partial charge in [0.1, 0.15) is 0 Å². The highest BCUT2D eigenvalue weighted by molar-refractivity contribution is 5.88. The lowest BCUT2D eigenvalue weighted by Crippen LogP contribution is -2.78. The van der Waals surface area contributed by atoms with E-state index in [-0.39, 0.29) is 25.2 Å². The van der Waals surface area contributed by atoms with Crippen molar-refractivity contribution < 1.29 is 18.0 Å². The number of hydrogen-bond acceptors (Lipinski definition) is 1. The van der Waals surface area contributed by atoms with Crippen molar-refractivity contribution in [2.45, 2.75) is 31.0 Å². The lowest BCUT2D eigenvalue weighted by Gasteiger charge is -2.70. The van der Waals surface area contributed by atoms with Crippen molar-refractivity contribution in [3.05, 3.63) is 12.7 Å². The molecule has 0 spiro atoms. The summed E-state index contributed by atoms with van der Waals surface area (Å²) in [4.78, 5) is 10.9. The van der Waals surface area contributed by atoms with Gasteiger partial charge >= 0.3 is 6.18 Å². The first-order chi connectivity index (χ1) is 6.33. The lowest BCUT2D eigenvalue weighted by molar-refractivity contribution is -0.337. The summed E-state index contributed by atoms with van der Waals surface area (Å²) in [6.45, 7) is 3.25. The molecule has 0 aromatic rings. The van der Waals surface area contributed by atoms with Crippen molar-refractivity contribution in [2.75, 3.05) is 0 Å². The Morgan fingerprint density at radius 2 is 1.86 bits per heavy atom. The normalized spacial score (nSPS) is 39.4. The number of nitrogens with one attached hydrogen (secondary N) is 1. The summed E-state index contributed by atoms with van der Waals surface area (Å²) in [6, 6.07) is 0. The Morgan fingerprint density at radius 3 is 2.21 bits per heavy atom. The van der Waals surface area contributed by atoms with Crippen LogP contribution in [0.2, 0.25) is 0 Å². The van der Waals surface area contributed by atoms with Gasteiger partial charge in [-0.25, -0.2) is 0 Å². The van der Waals surface area contributed by atoms with E-state index in [0.29, 0.717) is 0 Å². The molecule has 3 rings (SSSR count). The molecule has 1 amide bonds. The summed E-state index contributed by atoms with van der Waals surface area (Å²) >= 11 is 0. The molecule has 1 N–H and O–H groups in total. The van der Waals surface area contributed by atoms with Crippen molar-refractivity contribution in [2.24, 2.45) is 5.41 Å². The molecule has 0 heterocycles. The highest BCUT2D eigenvalue weighted by Gasteiger charge is 2.78. The molecule has 14 heavy (non-hydrogen) atoms. The van der Waals surface area contributed by atoms with E-state index in [9.17, 15) is 18.0 Å². The van der Waals surface area contributed by atoms with E-state index in [4.69, 9.17) is 0 Å². The average Bonchev–Trinajstić information content (AvgIpc) is 1.90. The fourth-order valence-electron chi connectivity index (χ4n) is 2.53. The van der Waals surface area contributed by atoms with Gasteiger partial charge in [-0.1, -0.05) is 6.58 Å². The monoisotopic (exact) mass is 205 g/mol. The summed E-state index contributed by atoms with van der Waals surface area (Å²) in [5, 5.41) is 2.55. The first-order valence-electron chi connectivity index (χ1n) is 4.34. The molecule has 5 heteroatoms. The zero-order chi connectivity index (χ0) is 10.6. The molecule has 3 fully saturated rings. The molecular weight excluding hydrogens is 195 g/mol. The van der Waals surface area contributed by atoms with Crippen molar-refractivity contribution in [3.63, 3.8) is 0 Å². The highest BCUT2D eigenvalue weighted by atomic mass is 19.4. The molecule has 0 radical (unpaired) electrons. The average molecular weight is 205 g/mol. The van der Waals surface area contributed by atoms with Gasteiger partial charge in [0.15, 0.2) is 0 Å². The summed E-state index contributed by atoms with van der Waals surface area (Å²) in [5.41, 5.74) is -2.08. The van der Waals surface area contributed by atoms with Crippen molar-refractivity contribution in [1.82, 2.24) is 5.32 Å². The summed E-state index contributed by atoms with van der Waals surface area (Å²) in [7, 11) is 0. The van der Waals surface area contributed by atoms with E-state index >= 15 is 0 Å². The van der Waals surface area contributed by atoms with E-state index in [0.717, 1.165) is 6.08 Å². The van der Waals surface area contributed by atoms with Crippen molar-refractivity contribution in [3.8, 4) is 0 Å². The third-order valence-electron chi connectivity index (χ3n) is 3.21. The molecule has 0 atom stereocenters. The van der Waals surface area contributed by atoms with E-state index in [1.165, 1.54) is 0 Å². The van der Waals surface area contributed by atoms with Crippen LogP contribution >= 0.6 is 0 Å². The first-order valence-corrected chi connectivity index (χ1v) is 4.34. The topological polar surface area (TPSA) is 29.1 Å². The second-order valence-corrected chi connectivity index (χ2v) is 4.28. The maximum Gasteiger partial charge on any atom is 0.394 e. The Bertz CT molecular complexity index is 288. The molecule has 2 bridgehead atoms. The van der Waals surface area contributed by atoms with Gasteiger partial charge in [-0.15, -0.1) is 0 Å². The number of carbonyl (C=O) groups excluding carboxylic acids is 1. The van der Waals surface area contributed by atoms with Crippen LogP contribution in [0.4, 0.5) is 13.2 Å². The van der Waals surface area contributed by atoms with Crippen LogP contribution in [0.5, 0.6) is 0 Å². The number of carbonyl (C=O) groups is 1. The quantitative estimate of drug-likeness (QED) is 0.684. The third-order valence-corrected chi connectivity index (χ3v) is 3.21. The summed E-state index contributed by atoms with van der Waals surface area (Å²) < 4.78 is 37.1. The predicted molar refractivity (Wildman–Crippen MR) is 43.4 cm³/mol. The maximum atomic E-state index is 12.4. The highest BCUT2D eigenvalue weighted by Crippen LogP contribution is 2.73. The van der Waals surface area contributed by atoms with Gasteiger partial charge in [-0.3, -0.25) is 4.79 Å². The molecular formula is C9H10F3NO. The van der Waals surface area contributed by atoms with Gasteiger partial charge in [0.2, 0.25) is 5.91 Å². The lowest BCUT2D eigenvalue weighted by atomic mass is 9.39. The Kier molecular flexibility index (Phi) is 1.58. The Morgan fingerprint density at radius 1 is 1.36 bits per heavy atom. The van der Waals surface area contributed by atoms with Crippen LogP contribution in [0.15, 0.2) is 12.7 Å². The number of rotatable bonds is 2. The molecule has 3 aliphatic carbocycles.